The Hall–Kier alpha value is -1.79. The van der Waals surface area contributed by atoms with Crippen molar-refractivity contribution >= 4 is 29.2 Å². The van der Waals surface area contributed by atoms with E-state index in [0.29, 0.717) is 48.9 Å². The van der Waals surface area contributed by atoms with Gasteiger partial charge in [-0.25, -0.2) is 4.79 Å². The molecule has 2 saturated heterocycles. The fraction of sp³-hybridized carbons (Fsp3) is 0.500. The Morgan fingerprint density at radius 1 is 1.39 bits per heavy atom. The summed E-state index contributed by atoms with van der Waals surface area (Å²) in [5, 5.41) is 13.0. The van der Waals surface area contributed by atoms with E-state index in [1.807, 2.05) is 6.92 Å². The minimum Gasteiger partial charge on any atom is -0.391 e. The highest BCUT2D eigenvalue weighted by Gasteiger charge is 2.29. The fourth-order valence-corrected chi connectivity index (χ4v) is 3.42. The molecule has 2 aliphatic heterocycles. The number of hydrogen-bond acceptors (Lipinski definition) is 3. The summed E-state index contributed by atoms with van der Waals surface area (Å²) in [7, 11) is 0. The highest BCUT2D eigenvalue weighted by Crippen LogP contribution is 2.27. The molecule has 0 radical (unpaired) electrons. The van der Waals surface area contributed by atoms with Crippen LogP contribution < -0.4 is 10.2 Å². The lowest BCUT2D eigenvalue weighted by Gasteiger charge is -2.34. The third kappa shape index (κ3) is 3.28. The van der Waals surface area contributed by atoms with E-state index in [4.69, 9.17) is 11.6 Å². The first-order valence-electron chi connectivity index (χ1n) is 7.78. The quantitative estimate of drug-likeness (QED) is 0.863. The van der Waals surface area contributed by atoms with Crippen molar-refractivity contribution < 1.29 is 14.7 Å². The Bertz CT molecular complexity index is 627. The van der Waals surface area contributed by atoms with Gasteiger partial charge in [-0.1, -0.05) is 18.5 Å². The van der Waals surface area contributed by atoms with Gasteiger partial charge < -0.3 is 15.3 Å². The molecule has 0 bridgehead atoms. The highest BCUT2D eigenvalue weighted by atomic mass is 35.5. The zero-order valence-electron chi connectivity index (χ0n) is 13.0. The molecule has 2 heterocycles. The van der Waals surface area contributed by atoms with Crippen LogP contribution in [0.15, 0.2) is 18.2 Å². The summed E-state index contributed by atoms with van der Waals surface area (Å²) in [4.78, 5) is 27.8. The number of hydrogen-bond donors (Lipinski definition) is 2. The number of anilines is 1. The summed E-state index contributed by atoms with van der Waals surface area (Å²) >= 11 is 6.20. The maximum absolute atomic E-state index is 12.8. The molecule has 2 aliphatic rings. The van der Waals surface area contributed by atoms with Gasteiger partial charge >= 0.3 is 6.03 Å². The van der Waals surface area contributed by atoms with Crippen LogP contribution in [-0.2, 0) is 0 Å². The molecule has 0 spiro atoms. The molecule has 6 nitrogen and oxygen atoms in total. The van der Waals surface area contributed by atoms with E-state index in [-0.39, 0.29) is 17.9 Å². The number of nitrogens with zero attached hydrogens (tertiary/aromatic N) is 2. The summed E-state index contributed by atoms with van der Waals surface area (Å²) < 4.78 is 0. The van der Waals surface area contributed by atoms with Gasteiger partial charge in [0.05, 0.1) is 16.7 Å². The van der Waals surface area contributed by atoms with Gasteiger partial charge in [0.25, 0.3) is 5.91 Å². The molecule has 0 aliphatic carbocycles. The number of piperidine rings is 1. The summed E-state index contributed by atoms with van der Waals surface area (Å²) in [6, 6.07) is 4.85. The van der Waals surface area contributed by atoms with Crippen molar-refractivity contribution in [2.24, 2.45) is 5.92 Å². The molecule has 3 rings (SSSR count). The van der Waals surface area contributed by atoms with Crippen LogP contribution in [0.1, 0.15) is 23.7 Å². The first kappa shape index (κ1) is 16.1. The molecule has 2 unspecified atom stereocenters. The van der Waals surface area contributed by atoms with Crippen LogP contribution in [0.25, 0.3) is 0 Å². The standard InChI is InChI=1S/C16H20ClN3O3/c1-10-6-12(21)9-19(8-10)15(22)13-7-11(2-3-14(13)17)20-5-4-18-16(20)23/h2-3,7,10,12,21H,4-6,8-9H2,1H3,(H,18,23). The number of likely N-dealkylation sites (tertiary alicyclic amines) is 1. The van der Waals surface area contributed by atoms with Gasteiger partial charge in [-0.05, 0) is 30.5 Å². The molecular weight excluding hydrogens is 318 g/mol. The maximum Gasteiger partial charge on any atom is 0.321 e. The number of nitrogens with one attached hydrogen (secondary N) is 1. The number of urea groups is 1. The smallest absolute Gasteiger partial charge is 0.321 e. The summed E-state index contributed by atoms with van der Waals surface area (Å²) in [5.41, 5.74) is 1.02. The average molecular weight is 338 g/mol. The fourth-order valence-electron chi connectivity index (χ4n) is 3.22. The molecule has 1 aromatic carbocycles. The number of aliphatic hydroxyl groups excluding tert-OH is 1. The summed E-state index contributed by atoms with van der Waals surface area (Å²) in [6.45, 7) is 4.07. The third-order valence-electron chi connectivity index (χ3n) is 4.27. The number of rotatable bonds is 2. The predicted molar refractivity (Wildman–Crippen MR) is 87.9 cm³/mol. The van der Waals surface area contributed by atoms with Gasteiger partial charge in [0, 0.05) is 31.9 Å². The van der Waals surface area contributed by atoms with Crippen molar-refractivity contribution in [3.8, 4) is 0 Å². The lowest BCUT2D eigenvalue weighted by molar-refractivity contribution is 0.0339. The maximum atomic E-state index is 12.8. The number of β-amino-alcohol motifs (C(OH)–C–C–N with tert-alkyl or cyclic N) is 1. The average Bonchev–Trinajstić information content (AvgIpc) is 2.92. The van der Waals surface area contributed by atoms with Gasteiger partial charge in [-0.15, -0.1) is 0 Å². The van der Waals surface area contributed by atoms with E-state index in [0.717, 1.165) is 0 Å². The van der Waals surface area contributed by atoms with E-state index < -0.39 is 6.10 Å². The molecule has 23 heavy (non-hydrogen) atoms. The SMILES string of the molecule is CC1CC(O)CN(C(=O)c2cc(N3CCNC3=O)ccc2Cl)C1. The molecule has 2 N–H and O–H groups in total. The van der Waals surface area contributed by atoms with Crippen molar-refractivity contribution in [2.75, 3.05) is 31.1 Å². The second-order valence-electron chi connectivity index (χ2n) is 6.25. The normalized spacial score (nSPS) is 24.7. The third-order valence-corrected chi connectivity index (χ3v) is 4.60. The number of aliphatic hydroxyl groups is 1. The number of carbonyl (C=O) groups is 2. The monoisotopic (exact) mass is 337 g/mol. The lowest BCUT2D eigenvalue weighted by Crippen LogP contribution is -2.45. The Kier molecular flexibility index (Phi) is 4.46. The first-order chi connectivity index (χ1) is 11.0. The van der Waals surface area contributed by atoms with Crippen molar-refractivity contribution in [3.63, 3.8) is 0 Å². The number of amides is 3. The topological polar surface area (TPSA) is 72.9 Å². The van der Waals surface area contributed by atoms with Crippen LogP contribution in [0.3, 0.4) is 0 Å². The van der Waals surface area contributed by atoms with Crippen molar-refractivity contribution in [3.05, 3.63) is 28.8 Å². The first-order valence-corrected chi connectivity index (χ1v) is 8.15. The highest BCUT2D eigenvalue weighted by molar-refractivity contribution is 6.34. The van der Waals surface area contributed by atoms with Gasteiger partial charge in [0.2, 0.25) is 0 Å². The van der Waals surface area contributed by atoms with Gasteiger partial charge in [-0.2, -0.15) is 0 Å². The second kappa shape index (κ2) is 6.37. The molecule has 0 aromatic heterocycles. The number of halogens is 1. The van der Waals surface area contributed by atoms with Gasteiger partial charge in [0.1, 0.15) is 0 Å². The van der Waals surface area contributed by atoms with E-state index >= 15 is 0 Å². The van der Waals surface area contributed by atoms with E-state index in [1.54, 1.807) is 28.0 Å². The van der Waals surface area contributed by atoms with Crippen LogP contribution in [0.5, 0.6) is 0 Å². The minimum atomic E-state index is -0.506. The van der Waals surface area contributed by atoms with Crippen molar-refractivity contribution in [1.82, 2.24) is 10.2 Å². The van der Waals surface area contributed by atoms with Crippen molar-refractivity contribution in [1.29, 1.82) is 0 Å². The molecule has 0 saturated carbocycles. The largest absolute Gasteiger partial charge is 0.391 e. The Labute approximate surface area is 140 Å². The van der Waals surface area contributed by atoms with Crippen LogP contribution in [0, 0.1) is 5.92 Å². The van der Waals surface area contributed by atoms with E-state index in [2.05, 4.69) is 5.32 Å². The molecule has 7 heteroatoms. The minimum absolute atomic E-state index is 0.173. The van der Waals surface area contributed by atoms with E-state index in [9.17, 15) is 14.7 Å². The molecule has 2 atom stereocenters. The molecule has 1 aromatic rings. The van der Waals surface area contributed by atoms with Crippen LogP contribution >= 0.6 is 11.6 Å². The predicted octanol–water partition coefficient (Wildman–Crippen LogP) is 1.71. The van der Waals surface area contributed by atoms with Crippen molar-refractivity contribution in [2.45, 2.75) is 19.4 Å². The zero-order valence-corrected chi connectivity index (χ0v) is 13.7. The van der Waals surface area contributed by atoms with Gasteiger partial charge in [-0.3, -0.25) is 9.69 Å². The van der Waals surface area contributed by atoms with Crippen LogP contribution in [-0.4, -0.2) is 54.2 Å². The Balaban J connectivity index is 1.86. The molecule has 124 valence electrons. The zero-order chi connectivity index (χ0) is 16.6. The van der Waals surface area contributed by atoms with Crippen LogP contribution in [0.2, 0.25) is 5.02 Å². The summed E-state index contributed by atoms with van der Waals surface area (Å²) in [5.74, 6) is 0.0380. The molecule has 3 amide bonds. The van der Waals surface area contributed by atoms with Gasteiger partial charge in [0.15, 0.2) is 0 Å². The Morgan fingerprint density at radius 2 is 2.17 bits per heavy atom. The number of benzene rings is 1. The number of carbonyl (C=O) groups excluding carboxylic acids is 2. The Morgan fingerprint density at radius 3 is 2.83 bits per heavy atom. The van der Waals surface area contributed by atoms with E-state index in [1.165, 1.54) is 0 Å². The van der Waals surface area contributed by atoms with Crippen LogP contribution in [0.4, 0.5) is 10.5 Å². The second-order valence-corrected chi connectivity index (χ2v) is 6.66. The molecule has 2 fully saturated rings. The summed E-state index contributed by atoms with van der Waals surface area (Å²) in [6.07, 6.45) is 0.194. The molecular formula is C16H20ClN3O3. The lowest BCUT2D eigenvalue weighted by atomic mass is 9.97.